The first-order valence-electron chi connectivity index (χ1n) is 9.99. The van der Waals surface area contributed by atoms with Gasteiger partial charge in [-0.25, -0.2) is 9.37 Å². The number of carbonyl (C=O) groups excluding carboxylic acids is 1. The molecule has 1 unspecified atom stereocenters. The van der Waals surface area contributed by atoms with Crippen molar-refractivity contribution in [3.8, 4) is 11.4 Å². The van der Waals surface area contributed by atoms with Crippen LogP contribution in [0.2, 0.25) is 0 Å². The van der Waals surface area contributed by atoms with Gasteiger partial charge in [-0.15, -0.1) is 0 Å². The van der Waals surface area contributed by atoms with E-state index < -0.39 is 6.10 Å². The number of carbonyl (C=O) groups is 1. The van der Waals surface area contributed by atoms with E-state index in [0.717, 1.165) is 41.3 Å². The molecule has 1 aliphatic carbocycles. The van der Waals surface area contributed by atoms with Gasteiger partial charge in [0.1, 0.15) is 11.9 Å². The Labute approximate surface area is 171 Å². The van der Waals surface area contributed by atoms with E-state index in [0.29, 0.717) is 35.3 Å². The molecule has 0 saturated heterocycles. The summed E-state index contributed by atoms with van der Waals surface area (Å²) in [5.74, 6) is -0.277. The van der Waals surface area contributed by atoms with Crippen molar-refractivity contribution >= 4 is 17.2 Å². The van der Waals surface area contributed by atoms with Gasteiger partial charge in [-0.05, 0) is 48.9 Å². The third-order valence-electron chi connectivity index (χ3n) is 6.40. The van der Waals surface area contributed by atoms with Gasteiger partial charge in [0.15, 0.2) is 6.29 Å². The van der Waals surface area contributed by atoms with Gasteiger partial charge in [0, 0.05) is 35.3 Å². The number of aliphatic hydroxyl groups is 1. The van der Waals surface area contributed by atoms with Crippen LogP contribution in [0, 0.1) is 12.7 Å². The molecule has 0 saturated carbocycles. The van der Waals surface area contributed by atoms with Crippen LogP contribution in [0.3, 0.4) is 0 Å². The van der Waals surface area contributed by atoms with Crippen LogP contribution in [0.15, 0.2) is 16.9 Å². The zero-order valence-corrected chi connectivity index (χ0v) is 16.8. The number of aryl methyl sites for hydroxylation is 2. The van der Waals surface area contributed by atoms with Gasteiger partial charge in [0.25, 0.3) is 5.56 Å². The number of hydrogen-bond acceptors (Lipinski definition) is 5. The highest BCUT2D eigenvalue weighted by Crippen LogP contribution is 2.41. The number of aliphatic hydroxyl groups excluding tert-OH is 1. The van der Waals surface area contributed by atoms with E-state index in [2.05, 4.69) is 0 Å². The summed E-state index contributed by atoms with van der Waals surface area (Å²) in [5.41, 5.74) is 5.67. The summed E-state index contributed by atoms with van der Waals surface area (Å²) in [5, 5.41) is 11.2. The minimum Gasteiger partial charge on any atom is -0.381 e. The lowest BCUT2D eigenvalue weighted by molar-refractivity contribution is -0.115. The number of hydrogen-bond donors (Lipinski definition) is 1. The molecule has 1 aromatic carbocycles. The van der Waals surface area contributed by atoms with E-state index in [1.165, 1.54) is 13.2 Å². The Hall–Kier alpha value is -2.90. The third-order valence-corrected chi connectivity index (χ3v) is 6.40. The first-order valence-corrected chi connectivity index (χ1v) is 9.99. The third kappa shape index (κ3) is 2.52. The second-order valence-corrected chi connectivity index (χ2v) is 8.00. The summed E-state index contributed by atoms with van der Waals surface area (Å²) in [6.45, 7) is 2.16. The van der Waals surface area contributed by atoms with Gasteiger partial charge >= 0.3 is 0 Å². The maximum atomic E-state index is 14.5. The maximum Gasteiger partial charge on any atom is 0.257 e. The summed E-state index contributed by atoms with van der Waals surface area (Å²) >= 11 is 0. The van der Waals surface area contributed by atoms with Crippen molar-refractivity contribution in [1.29, 1.82) is 0 Å². The van der Waals surface area contributed by atoms with Gasteiger partial charge < -0.3 is 19.2 Å². The molecule has 0 spiro atoms. The number of halogens is 1. The molecule has 1 atom stereocenters. The number of ether oxygens (including phenoxy) is 1. The molecule has 1 aliphatic heterocycles. The largest absolute Gasteiger partial charge is 0.381 e. The molecular formula is C23H21FN2O4. The number of pyridine rings is 2. The van der Waals surface area contributed by atoms with Crippen LogP contribution in [-0.2, 0) is 35.5 Å². The van der Waals surface area contributed by atoms with Crippen molar-refractivity contribution in [1.82, 2.24) is 9.55 Å². The Bertz CT molecular complexity index is 1300. The lowest BCUT2D eigenvalue weighted by atomic mass is 9.85. The predicted octanol–water partition coefficient (Wildman–Crippen LogP) is 2.74. The molecule has 30 heavy (non-hydrogen) atoms. The topological polar surface area (TPSA) is 81.4 Å². The fourth-order valence-corrected chi connectivity index (χ4v) is 4.95. The van der Waals surface area contributed by atoms with Crippen LogP contribution in [0.4, 0.5) is 4.39 Å². The van der Waals surface area contributed by atoms with Crippen LogP contribution in [-0.4, -0.2) is 28.1 Å². The van der Waals surface area contributed by atoms with Crippen molar-refractivity contribution in [3.63, 3.8) is 0 Å². The molecule has 2 aromatic heterocycles. The first-order chi connectivity index (χ1) is 14.5. The fraction of sp³-hybridized carbons (Fsp3) is 0.348. The molecule has 0 bridgehead atoms. The smallest absolute Gasteiger partial charge is 0.257 e. The molecule has 5 rings (SSSR count). The van der Waals surface area contributed by atoms with E-state index in [1.807, 2.05) is 0 Å². The van der Waals surface area contributed by atoms with E-state index in [9.17, 15) is 19.1 Å². The van der Waals surface area contributed by atoms with E-state index in [1.54, 1.807) is 17.6 Å². The lowest BCUT2D eigenvalue weighted by Gasteiger charge is -2.21. The average Bonchev–Trinajstić information content (AvgIpc) is 3.12. The zero-order valence-electron chi connectivity index (χ0n) is 16.8. The van der Waals surface area contributed by atoms with Gasteiger partial charge in [0.2, 0.25) is 0 Å². The predicted molar refractivity (Wildman–Crippen MR) is 109 cm³/mol. The van der Waals surface area contributed by atoms with E-state index >= 15 is 0 Å². The van der Waals surface area contributed by atoms with E-state index in [4.69, 9.17) is 9.72 Å². The second kappa shape index (κ2) is 6.82. The molecule has 6 nitrogen and oxygen atoms in total. The SMILES string of the molecule is COCc1c(C(O)C=O)cc2n(c1=O)Cc1c-2nc2cc(F)c(C)c3c2c1CCC3. The number of methoxy groups -OCH3 is 1. The number of aldehydes is 1. The van der Waals surface area contributed by atoms with Crippen LogP contribution < -0.4 is 5.56 Å². The minimum absolute atomic E-state index is 0.00743. The Balaban J connectivity index is 1.84. The Kier molecular flexibility index (Phi) is 4.34. The molecule has 0 fully saturated rings. The van der Waals surface area contributed by atoms with Crippen LogP contribution in [0.1, 0.15) is 45.9 Å². The Morgan fingerprint density at radius 3 is 2.80 bits per heavy atom. The van der Waals surface area contributed by atoms with Crippen LogP contribution in [0.5, 0.6) is 0 Å². The average molecular weight is 408 g/mol. The monoisotopic (exact) mass is 408 g/mol. The molecule has 3 heterocycles. The highest BCUT2D eigenvalue weighted by Gasteiger charge is 2.31. The van der Waals surface area contributed by atoms with Crippen molar-refractivity contribution in [2.45, 2.75) is 45.4 Å². The van der Waals surface area contributed by atoms with Crippen molar-refractivity contribution < 1.29 is 19.0 Å². The molecule has 1 N–H and O–H groups in total. The fourth-order valence-electron chi connectivity index (χ4n) is 4.95. The van der Waals surface area contributed by atoms with Gasteiger partial charge in [-0.2, -0.15) is 0 Å². The normalized spacial score (nSPS) is 15.2. The van der Waals surface area contributed by atoms with Crippen molar-refractivity contribution in [2.75, 3.05) is 7.11 Å². The Morgan fingerprint density at radius 2 is 2.07 bits per heavy atom. The van der Waals surface area contributed by atoms with Gasteiger partial charge in [-0.3, -0.25) is 4.79 Å². The van der Waals surface area contributed by atoms with Crippen molar-refractivity contribution in [2.24, 2.45) is 0 Å². The molecule has 2 aliphatic rings. The standard InChI is InChI=1S/C23H21FN2O4/c1-11-12-4-3-5-13-15-8-26-19(22(15)25-18(21(12)13)7-17(11)24)6-14(20(28)9-27)16(10-30-2)23(26)29/h6-7,9,20,28H,3-5,8,10H2,1-2H3. The summed E-state index contributed by atoms with van der Waals surface area (Å²) < 4.78 is 21.3. The highest BCUT2D eigenvalue weighted by atomic mass is 19.1. The molecule has 0 radical (unpaired) electrons. The Morgan fingerprint density at radius 1 is 1.30 bits per heavy atom. The molecular weight excluding hydrogens is 387 g/mol. The number of benzene rings is 1. The van der Waals surface area contributed by atoms with Gasteiger partial charge in [-0.1, -0.05) is 0 Å². The lowest BCUT2D eigenvalue weighted by Crippen LogP contribution is -2.26. The number of fused-ring (bicyclic) bond motifs is 4. The number of aromatic nitrogens is 2. The zero-order chi connectivity index (χ0) is 21.2. The van der Waals surface area contributed by atoms with Crippen LogP contribution in [0.25, 0.3) is 22.3 Å². The summed E-state index contributed by atoms with van der Waals surface area (Å²) in [4.78, 5) is 29.2. The summed E-state index contributed by atoms with van der Waals surface area (Å²) in [7, 11) is 1.46. The minimum atomic E-state index is -1.43. The first kappa shape index (κ1) is 19.1. The van der Waals surface area contributed by atoms with Crippen molar-refractivity contribution in [3.05, 3.63) is 61.7 Å². The molecule has 3 aromatic rings. The highest BCUT2D eigenvalue weighted by molar-refractivity contribution is 5.92. The summed E-state index contributed by atoms with van der Waals surface area (Å²) in [6, 6.07) is 3.10. The van der Waals surface area contributed by atoms with Gasteiger partial charge in [0.05, 0.1) is 30.1 Å². The molecule has 7 heteroatoms. The number of rotatable bonds is 4. The quantitative estimate of drug-likeness (QED) is 0.525. The van der Waals surface area contributed by atoms with E-state index in [-0.39, 0.29) is 29.1 Å². The molecule has 154 valence electrons. The van der Waals surface area contributed by atoms with Crippen LogP contribution >= 0.6 is 0 Å². The second-order valence-electron chi connectivity index (χ2n) is 8.00. The maximum absolute atomic E-state index is 14.5. The summed E-state index contributed by atoms with van der Waals surface area (Å²) in [6.07, 6.45) is 1.54. The molecule has 0 amide bonds. The number of nitrogens with zero attached hydrogens (tertiary/aromatic N) is 2.